The second-order valence-electron chi connectivity index (χ2n) is 6.54. The molecule has 0 radical (unpaired) electrons. The number of nitro groups is 1. The molecule has 9 heteroatoms. The Labute approximate surface area is 163 Å². The number of nitro benzene ring substituents is 1. The van der Waals surface area contributed by atoms with Crippen LogP contribution in [-0.4, -0.2) is 28.2 Å². The first kappa shape index (κ1) is 21.2. The van der Waals surface area contributed by atoms with Crippen molar-refractivity contribution in [2.75, 3.05) is 13.7 Å². The molecule has 0 fully saturated rings. The molecule has 1 unspecified atom stereocenters. The number of rotatable bonds is 10. The lowest BCUT2D eigenvalue weighted by Crippen LogP contribution is -2.19. The van der Waals surface area contributed by atoms with E-state index in [1.165, 1.54) is 36.1 Å². The molecule has 0 N–H and O–H groups in total. The summed E-state index contributed by atoms with van der Waals surface area (Å²) in [7, 11) is 3.03. The maximum absolute atomic E-state index is 11.6. The molecule has 28 heavy (non-hydrogen) atoms. The van der Waals surface area contributed by atoms with Crippen molar-refractivity contribution in [3.05, 3.63) is 50.6 Å². The van der Waals surface area contributed by atoms with Crippen LogP contribution >= 0.6 is 0 Å². The van der Waals surface area contributed by atoms with Crippen molar-refractivity contribution in [2.24, 2.45) is 13.0 Å². The first-order valence-electron chi connectivity index (χ1n) is 9.00. The van der Waals surface area contributed by atoms with E-state index in [4.69, 9.17) is 14.2 Å². The van der Waals surface area contributed by atoms with E-state index in [0.717, 1.165) is 12.8 Å². The molecule has 2 aromatic rings. The molecule has 2 rings (SSSR count). The minimum absolute atomic E-state index is 0.0880. The van der Waals surface area contributed by atoms with Gasteiger partial charge in [0.25, 0.3) is 5.69 Å². The first-order chi connectivity index (χ1) is 13.3. The van der Waals surface area contributed by atoms with E-state index in [2.05, 4.69) is 18.8 Å². The van der Waals surface area contributed by atoms with Crippen LogP contribution in [0.15, 0.2) is 29.2 Å². The predicted octanol–water partition coefficient (Wildman–Crippen LogP) is 3.09. The molecular formula is C19H25N3O6. The summed E-state index contributed by atoms with van der Waals surface area (Å²) >= 11 is 0. The van der Waals surface area contributed by atoms with Crippen LogP contribution in [0.1, 0.15) is 32.3 Å². The molecule has 1 atom stereocenters. The van der Waals surface area contributed by atoms with Crippen LogP contribution in [0.5, 0.6) is 17.4 Å². The normalized spacial score (nSPS) is 11.7. The van der Waals surface area contributed by atoms with E-state index in [-0.39, 0.29) is 18.2 Å². The zero-order valence-corrected chi connectivity index (χ0v) is 16.5. The zero-order valence-electron chi connectivity index (χ0n) is 16.5. The lowest BCUT2D eigenvalue weighted by Gasteiger charge is -2.16. The van der Waals surface area contributed by atoms with Crippen LogP contribution in [0.3, 0.4) is 0 Å². The number of nitrogens with zero attached hydrogens (tertiary/aromatic N) is 3. The second kappa shape index (κ2) is 9.72. The summed E-state index contributed by atoms with van der Waals surface area (Å²) in [5.74, 6) is 1.10. The van der Waals surface area contributed by atoms with Crippen LogP contribution in [0.4, 0.5) is 5.69 Å². The van der Waals surface area contributed by atoms with Crippen LogP contribution in [0.25, 0.3) is 0 Å². The highest BCUT2D eigenvalue weighted by Crippen LogP contribution is 2.35. The van der Waals surface area contributed by atoms with Gasteiger partial charge in [-0.15, -0.1) is 0 Å². The molecule has 0 aliphatic carbocycles. The minimum atomic E-state index is -0.502. The fraction of sp³-hybridized carbons (Fsp3) is 0.474. The Balaban J connectivity index is 2.24. The molecule has 152 valence electrons. The molecule has 0 amide bonds. The lowest BCUT2D eigenvalue weighted by atomic mass is 10.1. The summed E-state index contributed by atoms with van der Waals surface area (Å²) in [6, 6.07) is 4.36. The SMILES string of the molecule is CCCC(C)COc1cc([N+](=O)[O-])c(COc2ccn(C)c(=O)n2)cc1OC. The molecule has 0 aliphatic rings. The van der Waals surface area contributed by atoms with Gasteiger partial charge < -0.3 is 18.8 Å². The van der Waals surface area contributed by atoms with Gasteiger partial charge in [-0.2, -0.15) is 4.98 Å². The van der Waals surface area contributed by atoms with E-state index in [1.807, 2.05) is 0 Å². The summed E-state index contributed by atoms with van der Waals surface area (Å²) in [6.45, 7) is 4.45. The van der Waals surface area contributed by atoms with Crippen LogP contribution in [0.2, 0.25) is 0 Å². The lowest BCUT2D eigenvalue weighted by molar-refractivity contribution is -0.385. The van der Waals surface area contributed by atoms with Gasteiger partial charge in [0.05, 0.1) is 30.3 Å². The minimum Gasteiger partial charge on any atom is -0.493 e. The number of ether oxygens (including phenoxy) is 3. The predicted molar refractivity (Wildman–Crippen MR) is 103 cm³/mol. The Hall–Kier alpha value is -3.10. The second-order valence-corrected chi connectivity index (χ2v) is 6.54. The van der Waals surface area contributed by atoms with Gasteiger partial charge >= 0.3 is 5.69 Å². The van der Waals surface area contributed by atoms with Gasteiger partial charge in [-0.1, -0.05) is 20.3 Å². The van der Waals surface area contributed by atoms with Crippen LogP contribution in [0, 0.1) is 16.0 Å². The van der Waals surface area contributed by atoms with E-state index >= 15 is 0 Å². The largest absolute Gasteiger partial charge is 0.493 e. The monoisotopic (exact) mass is 391 g/mol. The van der Waals surface area contributed by atoms with Crippen molar-refractivity contribution < 1.29 is 19.1 Å². The molecule has 9 nitrogen and oxygen atoms in total. The molecule has 0 saturated heterocycles. The van der Waals surface area contributed by atoms with Crippen molar-refractivity contribution in [2.45, 2.75) is 33.3 Å². The molecule has 0 bridgehead atoms. The number of benzene rings is 1. The quantitative estimate of drug-likeness (QED) is 0.452. The Bertz CT molecular complexity index is 880. The maximum atomic E-state index is 11.6. The van der Waals surface area contributed by atoms with Gasteiger partial charge in [-0.3, -0.25) is 10.1 Å². The Kier molecular flexibility index (Phi) is 7.36. The standard InChI is InChI=1S/C19H25N3O6/c1-5-6-13(2)11-27-17-10-15(22(24)25)14(9-16(17)26-4)12-28-18-7-8-21(3)19(23)20-18/h7-10,13H,5-6,11-12H2,1-4H3. The molecule has 1 aromatic carbocycles. The van der Waals surface area contributed by atoms with Gasteiger partial charge in [0, 0.05) is 19.3 Å². The zero-order chi connectivity index (χ0) is 20.7. The van der Waals surface area contributed by atoms with E-state index in [9.17, 15) is 14.9 Å². The summed E-state index contributed by atoms with van der Waals surface area (Å²) in [5, 5.41) is 11.5. The van der Waals surface area contributed by atoms with Gasteiger partial charge in [0.15, 0.2) is 11.5 Å². The Morgan fingerprint density at radius 3 is 2.64 bits per heavy atom. The fourth-order valence-electron chi connectivity index (χ4n) is 2.64. The summed E-state index contributed by atoms with van der Waals surface area (Å²) in [5.41, 5.74) is -0.337. The van der Waals surface area contributed by atoms with Gasteiger partial charge in [-0.05, 0) is 18.4 Å². The third-order valence-corrected chi connectivity index (χ3v) is 4.19. The third-order valence-electron chi connectivity index (χ3n) is 4.19. The van der Waals surface area contributed by atoms with E-state index in [0.29, 0.717) is 29.6 Å². The highest BCUT2D eigenvalue weighted by atomic mass is 16.6. The van der Waals surface area contributed by atoms with Gasteiger partial charge in [0.1, 0.15) is 6.61 Å². The fourth-order valence-corrected chi connectivity index (χ4v) is 2.64. The first-order valence-corrected chi connectivity index (χ1v) is 9.00. The van der Waals surface area contributed by atoms with Gasteiger partial charge in [0.2, 0.25) is 5.88 Å². The summed E-state index contributed by atoms with van der Waals surface area (Å²) in [6.07, 6.45) is 3.54. The Morgan fingerprint density at radius 1 is 1.29 bits per heavy atom. The maximum Gasteiger partial charge on any atom is 0.350 e. The van der Waals surface area contributed by atoms with Crippen molar-refractivity contribution >= 4 is 5.69 Å². The molecule has 1 heterocycles. The Morgan fingerprint density at radius 2 is 2.04 bits per heavy atom. The van der Waals surface area contributed by atoms with Crippen molar-refractivity contribution in [3.63, 3.8) is 0 Å². The molecule has 0 saturated carbocycles. The van der Waals surface area contributed by atoms with Crippen LogP contribution in [-0.2, 0) is 13.7 Å². The summed E-state index contributed by atoms with van der Waals surface area (Å²) < 4.78 is 17.8. The smallest absolute Gasteiger partial charge is 0.350 e. The summed E-state index contributed by atoms with van der Waals surface area (Å²) in [4.78, 5) is 26.3. The highest BCUT2D eigenvalue weighted by molar-refractivity contribution is 5.54. The van der Waals surface area contributed by atoms with Crippen LogP contribution < -0.4 is 19.9 Å². The topological polar surface area (TPSA) is 106 Å². The molecular weight excluding hydrogens is 366 g/mol. The van der Waals surface area contributed by atoms with Crippen molar-refractivity contribution in [1.29, 1.82) is 0 Å². The van der Waals surface area contributed by atoms with Gasteiger partial charge in [-0.25, -0.2) is 4.79 Å². The van der Waals surface area contributed by atoms with Crippen molar-refractivity contribution in [3.8, 4) is 17.4 Å². The molecule has 1 aromatic heterocycles. The number of aryl methyl sites for hydroxylation is 1. The van der Waals surface area contributed by atoms with E-state index in [1.54, 1.807) is 7.05 Å². The average Bonchev–Trinajstić information content (AvgIpc) is 2.67. The number of methoxy groups -OCH3 is 1. The average molecular weight is 391 g/mol. The molecule has 0 spiro atoms. The van der Waals surface area contributed by atoms with Crippen molar-refractivity contribution in [1.82, 2.24) is 9.55 Å². The molecule has 0 aliphatic heterocycles. The number of aromatic nitrogens is 2. The number of hydrogen-bond donors (Lipinski definition) is 0. The highest BCUT2D eigenvalue weighted by Gasteiger charge is 2.21. The van der Waals surface area contributed by atoms with E-state index < -0.39 is 10.6 Å². The number of hydrogen-bond acceptors (Lipinski definition) is 7. The third kappa shape index (κ3) is 5.45.